The lowest BCUT2D eigenvalue weighted by Gasteiger charge is -2.05. The zero-order valence-corrected chi connectivity index (χ0v) is 10.5. The summed E-state index contributed by atoms with van der Waals surface area (Å²) < 4.78 is 4.93. The second-order valence-electron chi connectivity index (χ2n) is 3.80. The molecule has 0 radical (unpaired) electrons. The number of nitrogens with zero attached hydrogens (tertiary/aromatic N) is 3. The van der Waals surface area contributed by atoms with E-state index in [9.17, 15) is 4.79 Å². The molecule has 94 valence electrons. The molecular formula is C12H14N4O2. The summed E-state index contributed by atoms with van der Waals surface area (Å²) >= 11 is 0. The van der Waals surface area contributed by atoms with Gasteiger partial charge in [-0.15, -0.1) is 0 Å². The van der Waals surface area contributed by atoms with Crippen LogP contribution in [0.4, 0.5) is 0 Å². The van der Waals surface area contributed by atoms with Crippen LogP contribution in [0.15, 0.2) is 12.4 Å². The first-order valence-corrected chi connectivity index (χ1v) is 5.65. The molecule has 0 bridgehead atoms. The average Bonchev–Trinajstić information content (AvgIpc) is 2.75. The molecular weight excluding hydrogens is 232 g/mol. The molecule has 2 aromatic rings. The number of hydrogen-bond donors (Lipinski definition) is 1. The predicted molar refractivity (Wildman–Crippen MR) is 65.0 cm³/mol. The number of carbonyl (C=O) groups excluding carboxylic acids is 1. The number of aromatic amines is 1. The van der Waals surface area contributed by atoms with Gasteiger partial charge < -0.3 is 4.74 Å². The Bertz CT molecular complexity index is 577. The Balaban J connectivity index is 2.36. The van der Waals surface area contributed by atoms with E-state index in [1.807, 2.05) is 6.92 Å². The van der Waals surface area contributed by atoms with Crippen LogP contribution in [0.3, 0.4) is 0 Å². The maximum Gasteiger partial charge on any atom is 0.341 e. The fourth-order valence-electron chi connectivity index (χ4n) is 1.59. The molecule has 0 aliphatic heterocycles. The minimum Gasteiger partial charge on any atom is -0.462 e. The highest BCUT2D eigenvalue weighted by molar-refractivity contribution is 5.90. The van der Waals surface area contributed by atoms with Crippen LogP contribution < -0.4 is 0 Å². The first-order valence-electron chi connectivity index (χ1n) is 5.65. The number of hydrogen-bond acceptors (Lipinski definition) is 5. The Morgan fingerprint density at radius 3 is 2.72 bits per heavy atom. The molecule has 6 nitrogen and oxygen atoms in total. The molecule has 0 amide bonds. The van der Waals surface area contributed by atoms with Crippen molar-refractivity contribution >= 4 is 5.97 Å². The van der Waals surface area contributed by atoms with E-state index in [-0.39, 0.29) is 0 Å². The third kappa shape index (κ3) is 2.22. The summed E-state index contributed by atoms with van der Waals surface area (Å²) in [5.41, 5.74) is 2.63. The van der Waals surface area contributed by atoms with Crippen molar-refractivity contribution in [2.75, 3.05) is 6.61 Å². The van der Waals surface area contributed by atoms with Crippen molar-refractivity contribution in [3.8, 4) is 11.4 Å². The lowest BCUT2D eigenvalue weighted by atomic mass is 10.2. The molecule has 1 N–H and O–H groups in total. The van der Waals surface area contributed by atoms with Gasteiger partial charge in [0.2, 0.25) is 0 Å². The minimum absolute atomic E-state index is 0.334. The Morgan fingerprint density at radius 1 is 1.39 bits per heavy atom. The van der Waals surface area contributed by atoms with Crippen LogP contribution in [0.2, 0.25) is 0 Å². The van der Waals surface area contributed by atoms with Gasteiger partial charge in [0.1, 0.15) is 0 Å². The van der Waals surface area contributed by atoms with Crippen LogP contribution in [0.1, 0.15) is 28.7 Å². The van der Waals surface area contributed by atoms with Crippen molar-refractivity contribution in [1.82, 2.24) is 20.2 Å². The van der Waals surface area contributed by atoms with E-state index in [2.05, 4.69) is 20.2 Å². The number of nitrogens with one attached hydrogen (secondary N) is 1. The Kier molecular flexibility index (Phi) is 3.36. The first-order chi connectivity index (χ1) is 8.63. The summed E-state index contributed by atoms with van der Waals surface area (Å²) in [6, 6.07) is 0. The molecule has 0 saturated carbocycles. The third-order valence-corrected chi connectivity index (χ3v) is 2.55. The summed E-state index contributed by atoms with van der Waals surface area (Å²) in [6.45, 7) is 5.72. The molecule has 0 unspecified atom stereocenters. The van der Waals surface area contributed by atoms with Crippen LogP contribution in [0, 0.1) is 13.8 Å². The van der Waals surface area contributed by atoms with Crippen molar-refractivity contribution < 1.29 is 9.53 Å². The summed E-state index contributed by atoms with van der Waals surface area (Å²) in [4.78, 5) is 20.1. The van der Waals surface area contributed by atoms with Gasteiger partial charge in [-0.2, -0.15) is 5.10 Å². The highest BCUT2D eigenvalue weighted by Gasteiger charge is 2.14. The average molecular weight is 246 g/mol. The number of rotatable bonds is 3. The van der Waals surface area contributed by atoms with Gasteiger partial charge in [-0.3, -0.25) is 5.10 Å². The van der Waals surface area contributed by atoms with E-state index in [1.54, 1.807) is 20.0 Å². The van der Waals surface area contributed by atoms with Crippen molar-refractivity contribution in [3.05, 3.63) is 29.3 Å². The summed E-state index contributed by atoms with van der Waals surface area (Å²) in [5, 5.41) is 6.77. The third-order valence-electron chi connectivity index (χ3n) is 2.55. The lowest BCUT2D eigenvalue weighted by Crippen LogP contribution is -2.09. The lowest BCUT2D eigenvalue weighted by molar-refractivity contribution is 0.0524. The first kappa shape index (κ1) is 12.2. The van der Waals surface area contributed by atoms with E-state index in [1.165, 1.54) is 6.20 Å². The minimum atomic E-state index is -0.398. The van der Waals surface area contributed by atoms with Crippen LogP contribution in [-0.4, -0.2) is 32.7 Å². The molecule has 6 heteroatoms. The monoisotopic (exact) mass is 246 g/mol. The van der Waals surface area contributed by atoms with Gasteiger partial charge >= 0.3 is 5.97 Å². The van der Waals surface area contributed by atoms with Gasteiger partial charge in [-0.05, 0) is 20.8 Å². The second kappa shape index (κ2) is 4.95. The summed E-state index contributed by atoms with van der Waals surface area (Å²) in [7, 11) is 0. The van der Waals surface area contributed by atoms with Gasteiger partial charge in [-0.25, -0.2) is 14.8 Å². The topological polar surface area (TPSA) is 80.8 Å². The van der Waals surface area contributed by atoms with Crippen molar-refractivity contribution in [3.63, 3.8) is 0 Å². The van der Waals surface area contributed by atoms with Crippen LogP contribution in [0.25, 0.3) is 11.4 Å². The molecule has 0 aliphatic rings. The predicted octanol–water partition coefficient (Wildman–Crippen LogP) is 1.66. The quantitative estimate of drug-likeness (QED) is 0.833. The van der Waals surface area contributed by atoms with E-state index in [0.29, 0.717) is 23.7 Å². The molecule has 0 aliphatic carbocycles. The summed E-state index contributed by atoms with van der Waals surface area (Å²) in [5.74, 6) is 0.150. The summed E-state index contributed by atoms with van der Waals surface area (Å²) in [6.07, 6.45) is 3.22. The van der Waals surface area contributed by atoms with E-state index < -0.39 is 5.97 Å². The van der Waals surface area contributed by atoms with E-state index >= 15 is 0 Å². The zero-order valence-electron chi connectivity index (χ0n) is 10.5. The van der Waals surface area contributed by atoms with Crippen molar-refractivity contribution in [2.45, 2.75) is 20.8 Å². The highest BCUT2D eigenvalue weighted by Crippen LogP contribution is 2.18. The van der Waals surface area contributed by atoms with Crippen molar-refractivity contribution in [2.24, 2.45) is 0 Å². The van der Waals surface area contributed by atoms with Gasteiger partial charge in [0.15, 0.2) is 5.82 Å². The van der Waals surface area contributed by atoms with Gasteiger partial charge in [0.05, 0.1) is 29.1 Å². The maximum atomic E-state index is 11.6. The molecule has 2 heterocycles. The molecule has 2 aromatic heterocycles. The van der Waals surface area contributed by atoms with Gasteiger partial charge in [-0.1, -0.05) is 0 Å². The standard InChI is InChI=1S/C12H14N4O2/c1-4-18-12(17)10-5-13-11(15-7(10)2)9-6-14-16-8(9)3/h5-6H,4H2,1-3H3,(H,14,16). The number of ether oxygens (including phenoxy) is 1. The van der Waals surface area contributed by atoms with E-state index in [0.717, 1.165) is 11.3 Å². The largest absolute Gasteiger partial charge is 0.462 e. The van der Waals surface area contributed by atoms with Crippen LogP contribution in [0.5, 0.6) is 0 Å². The Morgan fingerprint density at radius 2 is 2.17 bits per heavy atom. The fraction of sp³-hybridized carbons (Fsp3) is 0.333. The Labute approximate surface area is 104 Å². The number of aryl methyl sites for hydroxylation is 2. The Hall–Kier alpha value is -2.24. The van der Waals surface area contributed by atoms with E-state index in [4.69, 9.17) is 4.74 Å². The number of esters is 1. The molecule has 0 fully saturated rings. The maximum absolute atomic E-state index is 11.6. The number of H-pyrrole nitrogens is 1. The van der Waals surface area contributed by atoms with Crippen LogP contribution in [-0.2, 0) is 4.74 Å². The van der Waals surface area contributed by atoms with Crippen LogP contribution >= 0.6 is 0 Å². The zero-order chi connectivity index (χ0) is 13.1. The smallest absolute Gasteiger partial charge is 0.341 e. The SMILES string of the molecule is CCOC(=O)c1cnc(-c2c[nH]nc2C)nc1C. The highest BCUT2D eigenvalue weighted by atomic mass is 16.5. The molecule has 0 atom stereocenters. The van der Waals surface area contributed by atoms with Gasteiger partial charge in [0, 0.05) is 12.4 Å². The number of aromatic nitrogens is 4. The molecule has 2 rings (SSSR count). The molecule has 0 aromatic carbocycles. The molecule has 0 spiro atoms. The second-order valence-corrected chi connectivity index (χ2v) is 3.80. The normalized spacial score (nSPS) is 10.4. The molecule has 18 heavy (non-hydrogen) atoms. The van der Waals surface area contributed by atoms with Crippen molar-refractivity contribution in [1.29, 1.82) is 0 Å². The van der Waals surface area contributed by atoms with Gasteiger partial charge in [0.25, 0.3) is 0 Å². The molecule has 0 saturated heterocycles. The number of carbonyl (C=O) groups is 1. The fourth-order valence-corrected chi connectivity index (χ4v) is 1.59.